The topological polar surface area (TPSA) is 147 Å². The van der Waals surface area contributed by atoms with Crippen LogP contribution >= 0.6 is 0 Å². The third kappa shape index (κ3) is 5.00. The van der Waals surface area contributed by atoms with E-state index in [4.69, 9.17) is 20.8 Å². The first-order valence-corrected chi connectivity index (χ1v) is 12.0. The predicted molar refractivity (Wildman–Crippen MR) is 122 cm³/mol. The first kappa shape index (κ1) is 24.3. The average Bonchev–Trinajstić information content (AvgIpc) is 2.82. The van der Waals surface area contributed by atoms with Crippen molar-refractivity contribution in [1.29, 1.82) is 5.26 Å². The summed E-state index contributed by atoms with van der Waals surface area (Å²) < 4.78 is 47.5. The van der Waals surface area contributed by atoms with Crippen molar-refractivity contribution in [3.05, 3.63) is 89.5 Å². The van der Waals surface area contributed by atoms with Crippen molar-refractivity contribution in [2.24, 2.45) is 5.73 Å². The summed E-state index contributed by atoms with van der Waals surface area (Å²) in [5.41, 5.74) is 5.74. The summed E-state index contributed by atoms with van der Waals surface area (Å²) in [7, 11) is -3.94. The van der Waals surface area contributed by atoms with Crippen LogP contribution in [0.2, 0.25) is 0 Å². The van der Waals surface area contributed by atoms with E-state index in [2.05, 4.69) is 4.98 Å². The highest BCUT2D eigenvalue weighted by Crippen LogP contribution is 2.40. The lowest BCUT2D eigenvalue weighted by Crippen LogP contribution is -2.64. The van der Waals surface area contributed by atoms with Crippen molar-refractivity contribution in [3.8, 4) is 11.8 Å². The molecule has 0 bridgehead atoms. The molecule has 1 unspecified atom stereocenters. The summed E-state index contributed by atoms with van der Waals surface area (Å²) in [5.74, 6) is -1.29. The molecular formula is C24H21FN4O5S. The Balaban J connectivity index is 1.60. The minimum Gasteiger partial charge on any atom is -0.480 e. The number of sulfonamides is 1. The molecule has 0 radical (unpaired) electrons. The van der Waals surface area contributed by atoms with Gasteiger partial charge in [0.1, 0.15) is 29.4 Å². The third-order valence-corrected chi connectivity index (χ3v) is 7.49. The highest BCUT2D eigenvalue weighted by atomic mass is 32.2. The van der Waals surface area contributed by atoms with E-state index in [1.54, 1.807) is 12.1 Å². The number of carboxylic acids is 1. The van der Waals surface area contributed by atoms with Crippen molar-refractivity contribution < 1.29 is 27.4 Å². The molecule has 1 fully saturated rings. The van der Waals surface area contributed by atoms with Crippen LogP contribution in [0.15, 0.2) is 71.8 Å². The number of pyridine rings is 1. The van der Waals surface area contributed by atoms with E-state index < -0.39 is 33.5 Å². The smallest absolute Gasteiger partial charge is 0.320 e. The van der Waals surface area contributed by atoms with Crippen molar-refractivity contribution in [2.45, 2.75) is 23.0 Å². The lowest BCUT2D eigenvalue weighted by molar-refractivity contribution is -0.138. The molecule has 9 nitrogen and oxygen atoms in total. The van der Waals surface area contributed by atoms with Gasteiger partial charge < -0.3 is 15.6 Å². The van der Waals surface area contributed by atoms with Gasteiger partial charge in [-0.3, -0.25) is 4.79 Å². The van der Waals surface area contributed by atoms with Crippen LogP contribution in [0.5, 0.6) is 5.75 Å². The van der Waals surface area contributed by atoms with Crippen LogP contribution in [-0.4, -0.2) is 47.9 Å². The maximum absolute atomic E-state index is 13.5. The van der Waals surface area contributed by atoms with Crippen molar-refractivity contribution in [1.82, 2.24) is 9.29 Å². The molecule has 1 aliphatic rings. The van der Waals surface area contributed by atoms with E-state index in [1.807, 2.05) is 6.07 Å². The number of nitrogens with two attached hydrogens (primary N) is 1. The normalized spacial score (nSPS) is 16.0. The fourth-order valence-corrected chi connectivity index (χ4v) is 5.41. The van der Waals surface area contributed by atoms with Gasteiger partial charge in [-0.25, -0.2) is 17.8 Å². The largest absolute Gasteiger partial charge is 0.480 e. The van der Waals surface area contributed by atoms with E-state index >= 15 is 0 Å². The first-order chi connectivity index (χ1) is 16.6. The number of hydrogen-bond donors (Lipinski definition) is 2. The van der Waals surface area contributed by atoms with E-state index in [1.165, 1.54) is 59.0 Å². The molecule has 1 aromatic heterocycles. The van der Waals surface area contributed by atoms with Gasteiger partial charge in [-0.2, -0.15) is 9.57 Å². The number of nitrogens with zero attached hydrogens (tertiary/aromatic N) is 3. The summed E-state index contributed by atoms with van der Waals surface area (Å²) in [6, 6.07) is 15.4. The Kier molecular flexibility index (Phi) is 6.53. The number of rotatable bonds is 8. The zero-order valence-corrected chi connectivity index (χ0v) is 19.2. The monoisotopic (exact) mass is 496 g/mol. The van der Waals surface area contributed by atoms with Gasteiger partial charge in [-0.05, 0) is 53.9 Å². The number of carboxylic acid groups (broad SMARTS) is 1. The van der Waals surface area contributed by atoms with Crippen LogP contribution in [0.4, 0.5) is 4.39 Å². The zero-order valence-electron chi connectivity index (χ0n) is 18.3. The lowest BCUT2D eigenvalue weighted by atomic mass is 9.87. The van der Waals surface area contributed by atoms with E-state index in [-0.39, 0.29) is 30.1 Å². The van der Waals surface area contributed by atoms with E-state index in [0.717, 1.165) is 0 Å². The number of ether oxygens (including phenoxy) is 1. The number of carbonyl (C=O) groups is 1. The van der Waals surface area contributed by atoms with Gasteiger partial charge in [0.05, 0.1) is 24.2 Å². The standard InChI is InChI=1S/C24H21FN4O5S/c25-18-6-4-17(5-7-18)24(34-20-9-8-19(12-26)28-13-20)14-29(15-24)35(32,33)21-3-1-2-16(10-21)11-22(27)23(30)31/h1-10,13,22H,11,14-15,27H2,(H,30,31). The van der Waals surface area contributed by atoms with Gasteiger partial charge in [0.15, 0.2) is 5.60 Å². The molecule has 1 saturated heterocycles. The van der Waals surface area contributed by atoms with Crippen molar-refractivity contribution >= 4 is 16.0 Å². The summed E-state index contributed by atoms with van der Waals surface area (Å²) in [6.45, 7) is -0.111. The Morgan fingerprint density at radius 3 is 2.54 bits per heavy atom. The quantitative estimate of drug-likeness (QED) is 0.482. The Morgan fingerprint density at radius 2 is 1.94 bits per heavy atom. The molecule has 0 spiro atoms. The lowest BCUT2D eigenvalue weighted by Gasteiger charge is -2.48. The second-order valence-corrected chi connectivity index (χ2v) is 10.1. The van der Waals surface area contributed by atoms with Gasteiger partial charge in [-0.1, -0.05) is 24.3 Å². The van der Waals surface area contributed by atoms with E-state index in [9.17, 15) is 17.6 Å². The van der Waals surface area contributed by atoms with Crippen molar-refractivity contribution in [2.75, 3.05) is 13.1 Å². The average molecular weight is 497 g/mol. The van der Waals surface area contributed by atoms with Gasteiger partial charge in [0.2, 0.25) is 10.0 Å². The van der Waals surface area contributed by atoms with Gasteiger partial charge in [0, 0.05) is 0 Å². The van der Waals surface area contributed by atoms with Crippen LogP contribution in [0.1, 0.15) is 16.8 Å². The number of nitriles is 1. The second-order valence-electron chi connectivity index (χ2n) is 8.16. The molecule has 1 aliphatic heterocycles. The molecular weight excluding hydrogens is 475 g/mol. The first-order valence-electron chi connectivity index (χ1n) is 10.5. The second kappa shape index (κ2) is 9.42. The minimum absolute atomic E-state index is 0.000310. The molecule has 4 rings (SSSR count). The third-order valence-electron chi connectivity index (χ3n) is 5.71. The van der Waals surface area contributed by atoms with E-state index in [0.29, 0.717) is 16.9 Å². The number of benzene rings is 2. The summed E-state index contributed by atoms with van der Waals surface area (Å²) >= 11 is 0. The van der Waals surface area contributed by atoms with Crippen LogP contribution in [-0.2, 0) is 26.8 Å². The summed E-state index contributed by atoms with van der Waals surface area (Å²) in [6.07, 6.45) is 1.35. The molecule has 2 heterocycles. The molecule has 1 atom stereocenters. The highest BCUT2D eigenvalue weighted by molar-refractivity contribution is 7.89. The number of halogens is 1. The maximum Gasteiger partial charge on any atom is 0.320 e. The van der Waals surface area contributed by atoms with Gasteiger partial charge in [-0.15, -0.1) is 0 Å². The Hall–Kier alpha value is -3.85. The van der Waals surface area contributed by atoms with Gasteiger partial charge in [0.25, 0.3) is 0 Å². The zero-order chi connectivity index (χ0) is 25.2. The molecule has 0 aliphatic carbocycles. The Labute approximate surface area is 201 Å². The van der Waals surface area contributed by atoms with Crippen LogP contribution in [0.3, 0.4) is 0 Å². The molecule has 0 amide bonds. The maximum atomic E-state index is 13.5. The molecule has 3 aromatic rings. The Morgan fingerprint density at radius 1 is 1.23 bits per heavy atom. The molecule has 0 saturated carbocycles. The number of aliphatic carboxylic acids is 1. The minimum atomic E-state index is -3.94. The molecule has 180 valence electrons. The summed E-state index contributed by atoms with van der Waals surface area (Å²) in [5, 5.41) is 18.0. The fraction of sp³-hybridized carbons (Fsp3) is 0.208. The number of aromatic nitrogens is 1. The highest BCUT2D eigenvalue weighted by Gasteiger charge is 2.52. The van der Waals surface area contributed by atoms with Crippen molar-refractivity contribution in [3.63, 3.8) is 0 Å². The Bertz CT molecular complexity index is 1380. The molecule has 11 heteroatoms. The molecule has 3 N–H and O–H groups in total. The van der Waals surface area contributed by atoms with Gasteiger partial charge >= 0.3 is 5.97 Å². The predicted octanol–water partition coefficient (Wildman–Crippen LogP) is 2.03. The van der Waals surface area contributed by atoms with Crippen LogP contribution < -0.4 is 10.5 Å². The molecule has 35 heavy (non-hydrogen) atoms. The van der Waals surface area contributed by atoms with Crippen LogP contribution in [0.25, 0.3) is 0 Å². The van der Waals surface area contributed by atoms with Crippen LogP contribution in [0, 0.1) is 17.1 Å². The SMILES string of the molecule is N#Cc1ccc(OC2(c3ccc(F)cc3)CN(S(=O)(=O)c3cccc(CC(N)C(=O)O)c3)C2)cn1. The number of hydrogen-bond acceptors (Lipinski definition) is 7. The summed E-state index contributed by atoms with van der Waals surface area (Å²) in [4.78, 5) is 15.0. The molecule has 2 aromatic carbocycles. The fourth-order valence-electron chi connectivity index (χ4n) is 3.81.